The van der Waals surface area contributed by atoms with E-state index in [0.717, 1.165) is 5.56 Å². The number of carbonyl (C=O) groups is 2. The van der Waals surface area contributed by atoms with Crippen molar-refractivity contribution in [3.63, 3.8) is 0 Å². The number of ether oxygens (including phenoxy) is 2. The molecule has 0 bridgehead atoms. The maximum atomic E-state index is 13.1. The maximum Gasteiger partial charge on any atom is 0.295 e. The zero-order chi connectivity index (χ0) is 22.8. The number of aromatic nitrogens is 1. The van der Waals surface area contributed by atoms with E-state index in [2.05, 4.69) is 4.98 Å². The van der Waals surface area contributed by atoms with Gasteiger partial charge in [0.2, 0.25) is 0 Å². The second kappa shape index (κ2) is 8.78. The first kappa shape index (κ1) is 20.8. The number of hydrogen-bond acceptors (Lipinski definition) is 6. The van der Waals surface area contributed by atoms with E-state index in [9.17, 15) is 14.7 Å². The summed E-state index contributed by atoms with van der Waals surface area (Å²) in [6, 6.07) is 17.5. The number of aliphatic hydroxyl groups excluding tert-OH is 1. The summed E-state index contributed by atoms with van der Waals surface area (Å²) in [5.41, 5.74) is 2.20. The van der Waals surface area contributed by atoms with Crippen LogP contribution >= 0.6 is 0 Å². The molecule has 33 heavy (non-hydrogen) atoms. The van der Waals surface area contributed by atoms with Gasteiger partial charge in [0.15, 0.2) is 11.5 Å². The number of Topliss-reactive ketones (excluding diaryl/α,β-unsaturated/α-hetero) is 1. The van der Waals surface area contributed by atoms with Crippen molar-refractivity contribution in [1.29, 1.82) is 0 Å². The Morgan fingerprint density at radius 1 is 0.970 bits per heavy atom. The molecule has 3 heterocycles. The SMILES string of the molecule is O=C1C(=O)N(CCc2ccccc2)[C@H](c2ccncc2)/C1=C(\O)c1ccc2c(c1)OCCO2. The highest BCUT2D eigenvalue weighted by Crippen LogP contribution is 2.41. The Morgan fingerprint density at radius 2 is 1.70 bits per heavy atom. The summed E-state index contributed by atoms with van der Waals surface area (Å²) in [6.07, 6.45) is 3.80. The molecule has 0 saturated carbocycles. The van der Waals surface area contributed by atoms with Gasteiger partial charge in [0, 0.05) is 24.5 Å². The zero-order valence-electron chi connectivity index (χ0n) is 17.8. The van der Waals surface area contributed by atoms with E-state index in [1.807, 2.05) is 30.3 Å². The molecule has 1 fully saturated rings. The highest BCUT2D eigenvalue weighted by atomic mass is 16.6. The van der Waals surface area contributed by atoms with Gasteiger partial charge in [-0.1, -0.05) is 30.3 Å². The van der Waals surface area contributed by atoms with Gasteiger partial charge in [0.1, 0.15) is 19.0 Å². The summed E-state index contributed by atoms with van der Waals surface area (Å²) < 4.78 is 11.2. The van der Waals surface area contributed by atoms with Crippen LogP contribution in [-0.4, -0.2) is 46.4 Å². The molecule has 166 valence electrons. The van der Waals surface area contributed by atoms with E-state index in [1.165, 1.54) is 4.90 Å². The number of fused-ring (bicyclic) bond motifs is 1. The maximum absolute atomic E-state index is 13.1. The number of hydrogen-bond donors (Lipinski definition) is 1. The number of rotatable bonds is 5. The van der Waals surface area contributed by atoms with Crippen LogP contribution in [0.2, 0.25) is 0 Å². The van der Waals surface area contributed by atoms with Crippen molar-refractivity contribution < 1.29 is 24.2 Å². The van der Waals surface area contributed by atoms with Crippen molar-refractivity contribution in [3.8, 4) is 11.5 Å². The van der Waals surface area contributed by atoms with Crippen LogP contribution in [0.3, 0.4) is 0 Å². The van der Waals surface area contributed by atoms with Gasteiger partial charge in [-0.2, -0.15) is 0 Å². The average molecular weight is 442 g/mol. The van der Waals surface area contributed by atoms with E-state index < -0.39 is 17.7 Å². The van der Waals surface area contributed by atoms with Gasteiger partial charge in [-0.25, -0.2) is 0 Å². The predicted octanol–water partition coefficient (Wildman–Crippen LogP) is 3.52. The Bertz CT molecular complexity index is 1220. The number of ketones is 1. The molecule has 1 atom stereocenters. The summed E-state index contributed by atoms with van der Waals surface area (Å²) in [7, 11) is 0. The number of nitrogens with zero attached hydrogens (tertiary/aromatic N) is 2. The zero-order valence-corrected chi connectivity index (χ0v) is 17.8. The lowest BCUT2D eigenvalue weighted by atomic mass is 9.95. The van der Waals surface area contributed by atoms with Crippen LogP contribution < -0.4 is 9.47 Å². The molecule has 5 rings (SSSR count). The lowest BCUT2D eigenvalue weighted by Gasteiger charge is -2.25. The van der Waals surface area contributed by atoms with Crippen molar-refractivity contribution in [2.24, 2.45) is 0 Å². The first-order valence-electron chi connectivity index (χ1n) is 10.8. The van der Waals surface area contributed by atoms with E-state index in [-0.39, 0.29) is 11.3 Å². The van der Waals surface area contributed by atoms with Gasteiger partial charge in [0.25, 0.3) is 11.7 Å². The molecule has 1 N–H and O–H groups in total. The van der Waals surface area contributed by atoms with Crippen LogP contribution in [0.25, 0.3) is 5.76 Å². The summed E-state index contributed by atoms with van der Waals surface area (Å²) in [4.78, 5) is 31.8. The molecule has 3 aromatic rings. The van der Waals surface area contributed by atoms with Gasteiger partial charge in [-0.05, 0) is 47.9 Å². The smallest absolute Gasteiger partial charge is 0.295 e. The minimum absolute atomic E-state index is 0.0518. The fourth-order valence-electron chi connectivity index (χ4n) is 4.24. The monoisotopic (exact) mass is 442 g/mol. The Balaban J connectivity index is 1.56. The topological polar surface area (TPSA) is 89.0 Å². The van der Waals surface area contributed by atoms with Gasteiger partial charge in [-0.3, -0.25) is 14.6 Å². The number of likely N-dealkylation sites (tertiary alicyclic amines) is 1. The molecule has 2 aliphatic rings. The lowest BCUT2D eigenvalue weighted by molar-refractivity contribution is -0.139. The van der Waals surface area contributed by atoms with E-state index in [0.29, 0.717) is 48.8 Å². The van der Waals surface area contributed by atoms with Crippen LogP contribution in [-0.2, 0) is 16.0 Å². The molecule has 2 aromatic carbocycles. The third-order valence-electron chi connectivity index (χ3n) is 5.86. The molecular formula is C26H22N2O5. The molecular weight excluding hydrogens is 420 g/mol. The molecule has 7 nitrogen and oxygen atoms in total. The summed E-state index contributed by atoms with van der Waals surface area (Å²) in [5, 5.41) is 11.2. The van der Waals surface area contributed by atoms with E-state index in [1.54, 1.807) is 42.7 Å². The van der Waals surface area contributed by atoms with Crippen LogP contribution in [0.15, 0.2) is 78.6 Å². The fraction of sp³-hybridized carbons (Fsp3) is 0.192. The standard InChI is InChI=1S/C26H22N2O5/c29-24(19-6-7-20-21(16-19)33-15-14-32-20)22-23(18-8-11-27-12-9-18)28(26(31)25(22)30)13-10-17-4-2-1-3-5-17/h1-9,11-12,16,23,29H,10,13-15H2/b24-22+/t23-/m1/s1. The van der Waals surface area contributed by atoms with Crippen molar-refractivity contribution in [2.45, 2.75) is 12.5 Å². The summed E-state index contributed by atoms with van der Waals surface area (Å²) in [6.45, 7) is 1.19. The van der Waals surface area contributed by atoms with Crippen LogP contribution in [0.5, 0.6) is 11.5 Å². The third-order valence-corrected chi connectivity index (χ3v) is 5.86. The van der Waals surface area contributed by atoms with E-state index in [4.69, 9.17) is 9.47 Å². The van der Waals surface area contributed by atoms with Gasteiger partial charge in [-0.15, -0.1) is 0 Å². The molecule has 7 heteroatoms. The van der Waals surface area contributed by atoms with Gasteiger partial charge < -0.3 is 19.5 Å². The molecule has 1 amide bonds. The Kier molecular flexibility index (Phi) is 5.52. The first-order chi connectivity index (χ1) is 16.1. The fourth-order valence-corrected chi connectivity index (χ4v) is 4.24. The van der Waals surface area contributed by atoms with Crippen LogP contribution in [0.1, 0.15) is 22.7 Å². The lowest BCUT2D eigenvalue weighted by Crippen LogP contribution is -2.31. The molecule has 0 spiro atoms. The number of amides is 1. The van der Waals surface area contributed by atoms with Gasteiger partial charge in [0.05, 0.1) is 11.6 Å². The molecule has 1 saturated heterocycles. The molecule has 2 aliphatic heterocycles. The quantitative estimate of drug-likeness (QED) is 0.370. The number of benzene rings is 2. The van der Waals surface area contributed by atoms with Crippen molar-refractivity contribution in [3.05, 3.63) is 95.3 Å². The minimum atomic E-state index is -0.718. The average Bonchev–Trinajstić information content (AvgIpc) is 3.12. The Hall–Kier alpha value is -4.13. The number of aliphatic hydroxyl groups is 1. The number of pyridine rings is 1. The highest BCUT2D eigenvalue weighted by Gasteiger charge is 2.45. The molecule has 0 unspecified atom stereocenters. The van der Waals surface area contributed by atoms with Gasteiger partial charge >= 0.3 is 0 Å². The molecule has 0 aliphatic carbocycles. The van der Waals surface area contributed by atoms with E-state index >= 15 is 0 Å². The second-order valence-electron chi connectivity index (χ2n) is 7.87. The summed E-state index contributed by atoms with van der Waals surface area (Å²) >= 11 is 0. The molecule has 0 radical (unpaired) electrons. The minimum Gasteiger partial charge on any atom is -0.507 e. The normalized spacial score (nSPS) is 19.0. The third kappa shape index (κ3) is 3.93. The molecule has 1 aromatic heterocycles. The second-order valence-corrected chi connectivity index (χ2v) is 7.87. The Morgan fingerprint density at radius 3 is 2.45 bits per heavy atom. The van der Waals surface area contributed by atoms with Crippen molar-refractivity contribution in [1.82, 2.24) is 9.88 Å². The largest absolute Gasteiger partial charge is 0.507 e. The summed E-state index contributed by atoms with van der Waals surface area (Å²) in [5.74, 6) is -0.519. The van der Waals surface area contributed by atoms with Crippen LogP contribution in [0.4, 0.5) is 0 Å². The Labute approximate surface area is 190 Å². The number of carbonyl (C=O) groups excluding carboxylic acids is 2. The predicted molar refractivity (Wildman–Crippen MR) is 121 cm³/mol. The first-order valence-corrected chi connectivity index (χ1v) is 10.8. The van der Waals surface area contributed by atoms with Crippen LogP contribution in [0, 0.1) is 0 Å². The highest BCUT2D eigenvalue weighted by molar-refractivity contribution is 6.46. The van der Waals surface area contributed by atoms with Crippen molar-refractivity contribution >= 4 is 17.4 Å². The van der Waals surface area contributed by atoms with Crippen molar-refractivity contribution in [2.75, 3.05) is 19.8 Å².